The van der Waals surface area contributed by atoms with Crippen LogP contribution in [0.5, 0.6) is 0 Å². The molecular formula is C19H29N3O3. The first-order valence-corrected chi connectivity index (χ1v) is 9.61. The second kappa shape index (κ2) is 8.02. The maximum atomic E-state index is 12.4. The summed E-state index contributed by atoms with van der Waals surface area (Å²) in [6.45, 7) is 3.29. The molecule has 6 heteroatoms. The highest BCUT2D eigenvalue weighted by atomic mass is 16.4. The summed E-state index contributed by atoms with van der Waals surface area (Å²) in [4.78, 5) is 25.5. The van der Waals surface area contributed by atoms with E-state index in [-0.39, 0.29) is 17.5 Å². The van der Waals surface area contributed by atoms with Crippen LogP contribution in [0.2, 0.25) is 0 Å². The Morgan fingerprint density at radius 3 is 2.48 bits per heavy atom. The molecule has 1 aromatic rings. The van der Waals surface area contributed by atoms with Gasteiger partial charge in [-0.3, -0.25) is 9.48 Å². The molecule has 1 aromatic heterocycles. The van der Waals surface area contributed by atoms with E-state index in [0.717, 1.165) is 38.3 Å². The molecule has 3 rings (SSSR count). The highest BCUT2D eigenvalue weighted by Gasteiger charge is 2.26. The van der Waals surface area contributed by atoms with Gasteiger partial charge in [-0.2, -0.15) is 5.10 Å². The van der Waals surface area contributed by atoms with Crippen LogP contribution in [0, 0.1) is 12.8 Å². The van der Waals surface area contributed by atoms with Gasteiger partial charge in [-0.05, 0) is 38.5 Å². The predicted octanol–water partition coefficient (Wildman–Crippen LogP) is 3.41. The minimum atomic E-state index is -0.932. The largest absolute Gasteiger partial charge is 0.478 e. The van der Waals surface area contributed by atoms with Gasteiger partial charge in [-0.1, -0.05) is 25.7 Å². The maximum Gasteiger partial charge on any atom is 0.339 e. The third kappa shape index (κ3) is 4.22. The molecular weight excluding hydrogens is 318 g/mol. The number of carbonyl (C=O) groups is 2. The fraction of sp³-hybridized carbons (Fsp3) is 0.737. The van der Waals surface area contributed by atoms with Crippen molar-refractivity contribution in [2.24, 2.45) is 5.92 Å². The quantitative estimate of drug-likeness (QED) is 0.855. The second-order valence-corrected chi connectivity index (χ2v) is 7.55. The predicted molar refractivity (Wildman–Crippen MR) is 94.6 cm³/mol. The summed E-state index contributed by atoms with van der Waals surface area (Å²) in [6, 6.07) is 0.190. The smallest absolute Gasteiger partial charge is 0.339 e. The Morgan fingerprint density at radius 2 is 1.88 bits per heavy atom. The lowest BCUT2D eigenvalue weighted by Gasteiger charge is -2.32. The fourth-order valence-corrected chi connectivity index (χ4v) is 4.36. The number of rotatable bonds is 6. The van der Waals surface area contributed by atoms with E-state index in [0.29, 0.717) is 12.1 Å². The molecule has 6 nitrogen and oxygen atoms in total. The highest BCUT2D eigenvalue weighted by molar-refractivity contribution is 5.88. The Labute approximate surface area is 149 Å². The molecule has 2 aliphatic rings. The van der Waals surface area contributed by atoms with Crippen molar-refractivity contribution in [3.8, 4) is 0 Å². The van der Waals surface area contributed by atoms with E-state index in [1.54, 1.807) is 6.92 Å². The van der Waals surface area contributed by atoms with Crippen LogP contribution in [0.25, 0.3) is 0 Å². The second-order valence-electron chi connectivity index (χ2n) is 7.55. The molecule has 1 amide bonds. The van der Waals surface area contributed by atoms with E-state index in [9.17, 15) is 9.59 Å². The lowest BCUT2D eigenvalue weighted by Crippen LogP contribution is -2.39. The molecule has 0 spiro atoms. The fourth-order valence-electron chi connectivity index (χ4n) is 4.36. The van der Waals surface area contributed by atoms with E-state index in [1.165, 1.54) is 38.3 Å². The zero-order valence-corrected chi connectivity index (χ0v) is 15.1. The van der Waals surface area contributed by atoms with E-state index < -0.39 is 5.97 Å². The number of piperidine rings is 1. The van der Waals surface area contributed by atoms with Crippen LogP contribution in [-0.2, 0) is 4.79 Å². The Morgan fingerprint density at radius 1 is 1.20 bits per heavy atom. The van der Waals surface area contributed by atoms with Crippen molar-refractivity contribution < 1.29 is 14.7 Å². The van der Waals surface area contributed by atoms with E-state index in [2.05, 4.69) is 5.10 Å². The van der Waals surface area contributed by atoms with Crippen LogP contribution in [0.3, 0.4) is 0 Å². The Balaban J connectivity index is 1.45. The van der Waals surface area contributed by atoms with Crippen LogP contribution >= 0.6 is 0 Å². The first kappa shape index (κ1) is 18.0. The minimum Gasteiger partial charge on any atom is -0.478 e. The number of aromatic nitrogens is 2. The Kier molecular flexibility index (Phi) is 5.76. The zero-order valence-electron chi connectivity index (χ0n) is 15.1. The van der Waals surface area contributed by atoms with Gasteiger partial charge in [0, 0.05) is 19.5 Å². The molecule has 0 bridgehead atoms. The number of hydrogen-bond donors (Lipinski definition) is 1. The van der Waals surface area contributed by atoms with Gasteiger partial charge < -0.3 is 10.0 Å². The van der Waals surface area contributed by atoms with Crippen molar-refractivity contribution in [1.29, 1.82) is 0 Å². The molecule has 138 valence electrons. The van der Waals surface area contributed by atoms with E-state index in [4.69, 9.17) is 5.11 Å². The van der Waals surface area contributed by atoms with Crippen LogP contribution in [-0.4, -0.2) is 44.8 Å². The normalized spacial score (nSPS) is 19.5. The van der Waals surface area contributed by atoms with Crippen molar-refractivity contribution in [2.75, 3.05) is 13.1 Å². The molecule has 2 heterocycles. The van der Waals surface area contributed by atoms with Crippen LogP contribution in [0.4, 0.5) is 0 Å². The molecule has 0 aromatic carbocycles. The number of likely N-dealkylation sites (tertiary alicyclic amines) is 1. The van der Waals surface area contributed by atoms with Crippen molar-refractivity contribution in [2.45, 2.75) is 70.8 Å². The number of hydrogen-bond acceptors (Lipinski definition) is 3. The van der Waals surface area contributed by atoms with Crippen LogP contribution < -0.4 is 0 Å². The molecule has 0 unspecified atom stereocenters. The Bertz CT molecular complexity index is 611. The molecule has 1 aliphatic carbocycles. The summed E-state index contributed by atoms with van der Waals surface area (Å²) in [7, 11) is 0. The molecule has 2 fully saturated rings. The number of carboxylic acid groups (broad SMARTS) is 1. The molecule has 1 saturated heterocycles. The summed E-state index contributed by atoms with van der Waals surface area (Å²) in [6.07, 6.45) is 11.4. The number of carbonyl (C=O) groups excluding carboxylic acids is 1. The first-order chi connectivity index (χ1) is 12.1. The lowest BCUT2D eigenvalue weighted by atomic mass is 9.99. The summed E-state index contributed by atoms with van der Waals surface area (Å²) < 4.78 is 1.82. The van der Waals surface area contributed by atoms with Crippen molar-refractivity contribution in [1.82, 2.24) is 14.7 Å². The number of nitrogens with zero attached hydrogens (tertiary/aromatic N) is 3. The number of carboxylic acids is 1. The summed E-state index contributed by atoms with van der Waals surface area (Å²) in [5, 5.41) is 13.4. The van der Waals surface area contributed by atoms with E-state index >= 15 is 0 Å². The number of amides is 1. The van der Waals surface area contributed by atoms with Gasteiger partial charge in [-0.15, -0.1) is 0 Å². The third-order valence-electron chi connectivity index (χ3n) is 5.92. The van der Waals surface area contributed by atoms with Gasteiger partial charge in [0.05, 0.1) is 17.9 Å². The van der Waals surface area contributed by atoms with Gasteiger partial charge in [-0.25, -0.2) is 4.79 Å². The van der Waals surface area contributed by atoms with Crippen molar-refractivity contribution in [3.63, 3.8) is 0 Å². The van der Waals surface area contributed by atoms with Gasteiger partial charge in [0.15, 0.2) is 0 Å². The van der Waals surface area contributed by atoms with Gasteiger partial charge >= 0.3 is 5.97 Å². The van der Waals surface area contributed by atoms with Crippen LogP contribution in [0.1, 0.15) is 79.9 Å². The number of aromatic carboxylic acids is 1. The molecule has 1 aliphatic heterocycles. The van der Waals surface area contributed by atoms with Crippen molar-refractivity contribution >= 4 is 11.9 Å². The summed E-state index contributed by atoms with van der Waals surface area (Å²) >= 11 is 0. The molecule has 0 radical (unpaired) electrons. The topological polar surface area (TPSA) is 75.4 Å². The monoisotopic (exact) mass is 347 g/mol. The maximum absolute atomic E-state index is 12.4. The van der Waals surface area contributed by atoms with Gasteiger partial charge in [0.2, 0.25) is 5.91 Å². The molecule has 1 N–H and O–H groups in total. The Hall–Kier alpha value is -1.85. The van der Waals surface area contributed by atoms with Crippen LogP contribution in [0.15, 0.2) is 6.20 Å². The molecule has 25 heavy (non-hydrogen) atoms. The molecule has 1 saturated carbocycles. The van der Waals surface area contributed by atoms with E-state index in [1.807, 2.05) is 9.58 Å². The summed E-state index contributed by atoms with van der Waals surface area (Å²) in [5.74, 6) is 0.197. The zero-order chi connectivity index (χ0) is 17.8. The standard InChI is InChI=1S/C19H29N3O3/c1-14-17(19(24)25)13-20-22(14)16-9-11-21(12-10-16)18(23)8-4-7-15-5-2-3-6-15/h13,15-16H,2-12H2,1H3,(H,24,25). The first-order valence-electron chi connectivity index (χ1n) is 9.61. The minimum absolute atomic E-state index is 0.190. The van der Waals surface area contributed by atoms with Crippen molar-refractivity contribution in [3.05, 3.63) is 17.5 Å². The summed E-state index contributed by atoms with van der Waals surface area (Å²) in [5.41, 5.74) is 0.972. The SMILES string of the molecule is Cc1c(C(=O)O)cnn1C1CCN(C(=O)CCCC2CCCC2)CC1. The highest BCUT2D eigenvalue weighted by Crippen LogP contribution is 2.29. The van der Waals surface area contributed by atoms with Gasteiger partial charge in [0.1, 0.15) is 5.56 Å². The third-order valence-corrected chi connectivity index (χ3v) is 5.92. The lowest BCUT2D eigenvalue weighted by molar-refractivity contribution is -0.132. The average molecular weight is 347 g/mol. The average Bonchev–Trinajstić information content (AvgIpc) is 3.24. The molecule has 0 atom stereocenters. The van der Waals surface area contributed by atoms with Gasteiger partial charge in [0.25, 0.3) is 0 Å².